The molecule has 1 aromatic carbocycles. The van der Waals surface area contributed by atoms with Gasteiger partial charge in [-0.25, -0.2) is 0 Å². The minimum atomic E-state index is -0.429. The Morgan fingerprint density at radius 2 is 1.86 bits per heavy atom. The first-order valence-corrected chi connectivity index (χ1v) is 8.32. The van der Waals surface area contributed by atoms with Gasteiger partial charge in [0.25, 0.3) is 5.91 Å². The van der Waals surface area contributed by atoms with Crippen LogP contribution in [0, 0.1) is 5.92 Å². The highest BCUT2D eigenvalue weighted by atomic mass is 16.5. The van der Waals surface area contributed by atoms with Crippen LogP contribution in [-0.2, 0) is 9.53 Å². The highest BCUT2D eigenvalue weighted by Gasteiger charge is 2.34. The van der Waals surface area contributed by atoms with E-state index < -0.39 is 6.10 Å². The van der Waals surface area contributed by atoms with Gasteiger partial charge in [-0.05, 0) is 44.1 Å². The number of aliphatic hydroxyl groups is 1. The van der Waals surface area contributed by atoms with E-state index in [1.54, 1.807) is 0 Å². The maximum Gasteiger partial charge on any atom is 0.251 e. The number of nitrogens with zero attached hydrogens (tertiary/aromatic N) is 1. The SMILES string of the molecule is CC1CCC(C(=O)N2CCC(C(O)c3ccccc3)CC2)O1. The van der Waals surface area contributed by atoms with Crippen LogP contribution in [0.3, 0.4) is 0 Å². The van der Waals surface area contributed by atoms with Crippen molar-refractivity contribution in [2.24, 2.45) is 5.92 Å². The zero-order chi connectivity index (χ0) is 15.5. The van der Waals surface area contributed by atoms with Crippen LogP contribution in [0.5, 0.6) is 0 Å². The molecule has 0 bridgehead atoms. The van der Waals surface area contributed by atoms with Crippen LogP contribution in [0.4, 0.5) is 0 Å². The molecule has 0 radical (unpaired) electrons. The quantitative estimate of drug-likeness (QED) is 0.933. The Balaban J connectivity index is 1.53. The topological polar surface area (TPSA) is 49.8 Å². The molecule has 0 saturated carbocycles. The van der Waals surface area contributed by atoms with Crippen molar-refractivity contribution in [1.29, 1.82) is 0 Å². The molecule has 0 aromatic heterocycles. The van der Waals surface area contributed by atoms with E-state index >= 15 is 0 Å². The summed E-state index contributed by atoms with van der Waals surface area (Å²) in [4.78, 5) is 14.3. The van der Waals surface area contributed by atoms with Gasteiger partial charge < -0.3 is 14.7 Å². The summed E-state index contributed by atoms with van der Waals surface area (Å²) in [5.74, 6) is 0.367. The van der Waals surface area contributed by atoms with Crippen molar-refractivity contribution in [3.05, 3.63) is 35.9 Å². The third-order valence-electron chi connectivity index (χ3n) is 4.95. The van der Waals surface area contributed by atoms with Crippen LogP contribution in [0.15, 0.2) is 30.3 Å². The molecule has 3 rings (SSSR count). The van der Waals surface area contributed by atoms with Crippen molar-refractivity contribution in [3.63, 3.8) is 0 Å². The third-order valence-corrected chi connectivity index (χ3v) is 4.95. The lowest BCUT2D eigenvalue weighted by atomic mass is 9.87. The van der Waals surface area contributed by atoms with Gasteiger partial charge in [-0.3, -0.25) is 4.79 Å². The molecule has 0 aliphatic carbocycles. The highest BCUT2D eigenvalue weighted by Crippen LogP contribution is 2.31. The first kappa shape index (κ1) is 15.5. The van der Waals surface area contributed by atoms with Crippen molar-refractivity contribution >= 4 is 5.91 Å². The molecule has 2 aliphatic rings. The highest BCUT2D eigenvalue weighted by molar-refractivity contribution is 5.81. The average molecular weight is 303 g/mol. The molecule has 1 aromatic rings. The van der Waals surface area contributed by atoms with Crippen molar-refractivity contribution in [2.75, 3.05) is 13.1 Å². The first-order chi connectivity index (χ1) is 10.6. The number of rotatable bonds is 3. The number of likely N-dealkylation sites (tertiary alicyclic amines) is 1. The molecule has 2 saturated heterocycles. The number of amides is 1. The van der Waals surface area contributed by atoms with E-state index in [2.05, 4.69) is 0 Å². The van der Waals surface area contributed by atoms with E-state index in [1.807, 2.05) is 42.2 Å². The Morgan fingerprint density at radius 1 is 1.18 bits per heavy atom. The Bertz CT molecular complexity index is 496. The van der Waals surface area contributed by atoms with Gasteiger partial charge in [-0.1, -0.05) is 30.3 Å². The van der Waals surface area contributed by atoms with Gasteiger partial charge in [0.2, 0.25) is 0 Å². The molecule has 1 N–H and O–H groups in total. The summed E-state index contributed by atoms with van der Waals surface area (Å²) in [5, 5.41) is 10.5. The lowest BCUT2D eigenvalue weighted by molar-refractivity contribution is -0.144. The van der Waals surface area contributed by atoms with Crippen LogP contribution < -0.4 is 0 Å². The Morgan fingerprint density at radius 3 is 2.45 bits per heavy atom. The second-order valence-corrected chi connectivity index (χ2v) is 6.53. The van der Waals surface area contributed by atoms with Crippen LogP contribution in [0.1, 0.15) is 44.3 Å². The van der Waals surface area contributed by atoms with Crippen molar-refractivity contribution in [1.82, 2.24) is 4.90 Å². The number of aliphatic hydroxyl groups excluding tert-OH is 1. The van der Waals surface area contributed by atoms with E-state index in [4.69, 9.17) is 4.74 Å². The number of carbonyl (C=O) groups is 1. The summed E-state index contributed by atoms with van der Waals surface area (Å²) < 4.78 is 5.68. The normalized spacial score (nSPS) is 27.8. The molecule has 3 unspecified atom stereocenters. The second-order valence-electron chi connectivity index (χ2n) is 6.53. The fourth-order valence-electron chi connectivity index (χ4n) is 3.55. The monoisotopic (exact) mass is 303 g/mol. The van der Waals surface area contributed by atoms with Gasteiger partial charge in [-0.15, -0.1) is 0 Å². The van der Waals surface area contributed by atoms with Crippen molar-refractivity contribution in [3.8, 4) is 0 Å². The molecule has 0 spiro atoms. The Labute approximate surface area is 132 Å². The fourth-order valence-corrected chi connectivity index (χ4v) is 3.55. The summed E-state index contributed by atoms with van der Waals surface area (Å²) in [5.41, 5.74) is 0.972. The van der Waals surface area contributed by atoms with Crippen LogP contribution >= 0.6 is 0 Å². The van der Waals surface area contributed by atoms with Gasteiger partial charge in [0.05, 0.1) is 12.2 Å². The summed E-state index contributed by atoms with van der Waals surface area (Å²) in [6.45, 7) is 3.47. The minimum absolute atomic E-state index is 0.136. The van der Waals surface area contributed by atoms with E-state index in [0.29, 0.717) is 0 Å². The molecule has 22 heavy (non-hydrogen) atoms. The largest absolute Gasteiger partial charge is 0.388 e. The lowest BCUT2D eigenvalue weighted by Gasteiger charge is -2.35. The van der Waals surface area contributed by atoms with Gasteiger partial charge >= 0.3 is 0 Å². The average Bonchev–Trinajstić information content (AvgIpc) is 3.01. The van der Waals surface area contributed by atoms with Gasteiger partial charge in [0.1, 0.15) is 6.10 Å². The van der Waals surface area contributed by atoms with E-state index in [9.17, 15) is 9.90 Å². The number of ether oxygens (including phenoxy) is 1. The number of hydrogen-bond acceptors (Lipinski definition) is 3. The van der Waals surface area contributed by atoms with Crippen LogP contribution in [-0.4, -0.2) is 41.2 Å². The molecule has 4 heteroatoms. The molecule has 2 fully saturated rings. The number of hydrogen-bond donors (Lipinski definition) is 1. The predicted molar refractivity (Wildman–Crippen MR) is 84.3 cm³/mol. The molecule has 3 atom stereocenters. The van der Waals surface area contributed by atoms with Crippen LogP contribution in [0.25, 0.3) is 0 Å². The van der Waals surface area contributed by atoms with Gasteiger partial charge in [0.15, 0.2) is 0 Å². The zero-order valence-electron chi connectivity index (χ0n) is 13.1. The molecule has 120 valence electrons. The molecule has 4 nitrogen and oxygen atoms in total. The number of benzene rings is 1. The lowest BCUT2D eigenvalue weighted by Crippen LogP contribution is -2.44. The number of carbonyl (C=O) groups excluding carboxylic acids is 1. The predicted octanol–water partition coefficient (Wildman–Crippen LogP) is 2.53. The van der Waals surface area contributed by atoms with Crippen molar-refractivity contribution < 1.29 is 14.6 Å². The number of piperidine rings is 1. The Kier molecular flexibility index (Phi) is 4.79. The summed E-state index contributed by atoms with van der Waals surface area (Å²) in [6.07, 6.45) is 3.04. The molecular weight excluding hydrogens is 278 g/mol. The van der Waals surface area contributed by atoms with Gasteiger partial charge in [-0.2, -0.15) is 0 Å². The fraction of sp³-hybridized carbons (Fsp3) is 0.611. The molecular formula is C18H25NO3. The van der Waals surface area contributed by atoms with Gasteiger partial charge in [0, 0.05) is 13.1 Å². The van der Waals surface area contributed by atoms with E-state index in [1.165, 1.54) is 0 Å². The molecule has 2 heterocycles. The molecule has 1 amide bonds. The zero-order valence-corrected chi connectivity index (χ0v) is 13.1. The summed E-state index contributed by atoms with van der Waals surface area (Å²) in [7, 11) is 0. The maximum absolute atomic E-state index is 12.4. The standard InChI is InChI=1S/C18H25NO3/c1-13-7-8-16(22-13)18(21)19-11-9-15(10-12-19)17(20)14-5-3-2-4-6-14/h2-6,13,15-17,20H,7-12H2,1H3. The maximum atomic E-state index is 12.4. The Hall–Kier alpha value is -1.39. The first-order valence-electron chi connectivity index (χ1n) is 8.32. The summed E-state index contributed by atoms with van der Waals surface area (Å²) in [6, 6.07) is 9.80. The minimum Gasteiger partial charge on any atom is -0.388 e. The third kappa shape index (κ3) is 3.33. The van der Waals surface area contributed by atoms with E-state index in [-0.39, 0.29) is 24.0 Å². The van der Waals surface area contributed by atoms with Crippen molar-refractivity contribution in [2.45, 2.75) is 50.9 Å². The molecule has 2 aliphatic heterocycles. The van der Waals surface area contributed by atoms with Crippen LogP contribution in [0.2, 0.25) is 0 Å². The van der Waals surface area contributed by atoms with E-state index in [0.717, 1.165) is 44.3 Å². The second kappa shape index (κ2) is 6.80. The smallest absolute Gasteiger partial charge is 0.251 e. The summed E-state index contributed by atoms with van der Waals surface area (Å²) >= 11 is 0.